The van der Waals surface area contributed by atoms with E-state index in [4.69, 9.17) is 31.1 Å². The van der Waals surface area contributed by atoms with Crippen LogP contribution in [0.3, 0.4) is 0 Å². The van der Waals surface area contributed by atoms with Crippen molar-refractivity contribution in [3.05, 3.63) is 40.9 Å². The molecule has 10 heteroatoms. The Balaban J connectivity index is 1.65. The van der Waals surface area contributed by atoms with Crippen molar-refractivity contribution < 1.29 is 23.4 Å². The lowest BCUT2D eigenvalue weighted by atomic mass is 9.84. The smallest absolute Gasteiger partial charge is 0.306 e. The Bertz CT molecular complexity index is 1090. The number of halogens is 2. The summed E-state index contributed by atoms with van der Waals surface area (Å²) in [5, 5.41) is 12.2. The number of nitriles is 1. The summed E-state index contributed by atoms with van der Waals surface area (Å²) in [7, 11) is 0. The number of carbonyl (C=O) groups is 1. The number of ether oxygens (including phenoxy) is 3. The van der Waals surface area contributed by atoms with Crippen LogP contribution in [-0.2, 0) is 14.3 Å². The number of unbranched alkanes of at least 4 members (excludes halogenated alkanes) is 2. The van der Waals surface area contributed by atoms with Crippen LogP contribution >= 0.6 is 11.6 Å². The van der Waals surface area contributed by atoms with Gasteiger partial charge in [0.05, 0.1) is 41.7 Å². The minimum Gasteiger partial charge on any atom is -0.471 e. The molecule has 0 aliphatic carbocycles. The van der Waals surface area contributed by atoms with Crippen molar-refractivity contribution in [3.8, 4) is 11.9 Å². The zero-order valence-corrected chi connectivity index (χ0v) is 22.3. The van der Waals surface area contributed by atoms with Gasteiger partial charge in [-0.25, -0.2) is 4.98 Å². The Morgan fingerprint density at radius 3 is 2.76 bits per heavy atom. The minimum atomic E-state index is -0.716. The number of carbonyl (C=O) groups excluding carboxylic acids is 1. The van der Waals surface area contributed by atoms with Crippen LogP contribution in [0, 0.1) is 29.0 Å². The third-order valence-corrected chi connectivity index (χ3v) is 6.61. The number of nitrogens with zero attached hydrogens (tertiary/aromatic N) is 3. The molecule has 2 heterocycles. The third-order valence-electron chi connectivity index (χ3n) is 6.30. The number of benzene rings is 1. The van der Waals surface area contributed by atoms with Gasteiger partial charge in [-0.3, -0.25) is 4.79 Å². The van der Waals surface area contributed by atoms with E-state index in [0.29, 0.717) is 30.9 Å². The molecule has 1 N–H and O–H groups in total. The van der Waals surface area contributed by atoms with E-state index in [9.17, 15) is 4.79 Å². The van der Waals surface area contributed by atoms with Gasteiger partial charge in [-0.05, 0) is 51.3 Å². The van der Waals surface area contributed by atoms with Crippen molar-refractivity contribution >= 4 is 29.1 Å². The van der Waals surface area contributed by atoms with Gasteiger partial charge >= 0.3 is 5.97 Å². The van der Waals surface area contributed by atoms with Crippen molar-refractivity contribution in [2.45, 2.75) is 71.5 Å². The topological polar surface area (TPSA) is 106 Å². The molecule has 8 nitrogen and oxygen atoms in total. The Kier molecular flexibility index (Phi) is 10.9. The van der Waals surface area contributed by atoms with Gasteiger partial charge in [0.2, 0.25) is 5.82 Å². The summed E-state index contributed by atoms with van der Waals surface area (Å²) in [6, 6.07) is 6.67. The molecule has 1 fully saturated rings. The first-order chi connectivity index (χ1) is 17.8. The Morgan fingerprint density at radius 2 is 2.05 bits per heavy atom. The maximum atomic E-state index is 15.4. The number of esters is 1. The molecule has 3 unspecified atom stereocenters. The lowest BCUT2D eigenvalue weighted by Crippen LogP contribution is -2.44. The quantitative estimate of drug-likeness (QED) is 0.254. The standard InChI is InChI=1S/C27H34ClFN4O4/c1-4-19-14-35-15-20(8-6-5-7-9-23(34)36-17(2)3)25(19)37-27-24(29)26(31-16-32-27)33-22-11-10-18(13-30)12-21(22)28/h10-12,16-17,19-20,25H,4-9,14-15H2,1-3H3,(H,31,32,33). The highest BCUT2D eigenvalue weighted by Crippen LogP contribution is 2.33. The average Bonchev–Trinajstić information content (AvgIpc) is 2.87. The maximum Gasteiger partial charge on any atom is 0.306 e. The van der Waals surface area contributed by atoms with Crippen LogP contribution in [0.2, 0.25) is 5.02 Å². The molecule has 0 saturated carbocycles. The Labute approximate surface area is 222 Å². The molecule has 3 rings (SSSR count). The molecular weight excluding hydrogens is 499 g/mol. The summed E-state index contributed by atoms with van der Waals surface area (Å²) >= 11 is 6.22. The van der Waals surface area contributed by atoms with Crippen molar-refractivity contribution in [1.82, 2.24) is 9.97 Å². The molecule has 3 atom stereocenters. The summed E-state index contributed by atoms with van der Waals surface area (Å²) < 4.78 is 32.6. The molecule has 0 radical (unpaired) electrons. The van der Waals surface area contributed by atoms with E-state index in [2.05, 4.69) is 22.2 Å². The van der Waals surface area contributed by atoms with Crippen LogP contribution in [0.25, 0.3) is 0 Å². The predicted octanol–water partition coefficient (Wildman–Crippen LogP) is 6.21. The van der Waals surface area contributed by atoms with Gasteiger partial charge in [-0.1, -0.05) is 31.4 Å². The molecule has 1 aromatic heterocycles. The fourth-order valence-electron chi connectivity index (χ4n) is 4.38. The van der Waals surface area contributed by atoms with Crippen molar-refractivity contribution in [2.24, 2.45) is 11.8 Å². The molecule has 0 bridgehead atoms. The van der Waals surface area contributed by atoms with E-state index in [0.717, 1.165) is 32.1 Å². The number of hydrogen-bond donors (Lipinski definition) is 1. The number of hydrogen-bond acceptors (Lipinski definition) is 8. The predicted molar refractivity (Wildman–Crippen MR) is 138 cm³/mol. The summed E-state index contributed by atoms with van der Waals surface area (Å²) in [5.74, 6) is -0.921. The highest BCUT2D eigenvalue weighted by molar-refractivity contribution is 6.33. The summed E-state index contributed by atoms with van der Waals surface area (Å²) in [6.07, 6.45) is 5.47. The second-order valence-electron chi connectivity index (χ2n) is 9.46. The van der Waals surface area contributed by atoms with E-state index >= 15 is 4.39 Å². The zero-order valence-electron chi connectivity index (χ0n) is 21.5. The number of rotatable bonds is 12. The molecule has 1 aliphatic rings. The van der Waals surface area contributed by atoms with E-state index in [1.165, 1.54) is 12.4 Å². The highest BCUT2D eigenvalue weighted by Gasteiger charge is 2.36. The average molecular weight is 533 g/mol. The number of anilines is 2. The fourth-order valence-corrected chi connectivity index (χ4v) is 4.60. The first-order valence-corrected chi connectivity index (χ1v) is 13.1. The van der Waals surface area contributed by atoms with Crippen LogP contribution in [0.4, 0.5) is 15.9 Å². The molecule has 37 heavy (non-hydrogen) atoms. The maximum absolute atomic E-state index is 15.4. The highest BCUT2D eigenvalue weighted by atomic mass is 35.5. The number of aromatic nitrogens is 2. The van der Waals surface area contributed by atoms with Gasteiger partial charge in [-0.15, -0.1) is 0 Å². The lowest BCUT2D eigenvalue weighted by molar-refractivity contribution is -0.147. The SMILES string of the molecule is CCC1COCC(CCCCCC(=O)OC(C)C)C1Oc1ncnc(Nc2ccc(C#N)cc2Cl)c1F. The molecule has 1 aromatic carbocycles. The Hall–Kier alpha value is -2.96. The second-order valence-corrected chi connectivity index (χ2v) is 9.87. The van der Waals surface area contributed by atoms with Gasteiger partial charge in [0.15, 0.2) is 5.82 Å². The fraction of sp³-hybridized carbons (Fsp3) is 0.556. The largest absolute Gasteiger partial charge is 0.471 e. The molecule has 1 aliphatic heterocycles. The van der Waals surface area contributed by atoms with Gasteiger partial charge in [0.1, 0.15) is 12.4 Å². The van der Waals surface area contributed by atoms with Crippen LogP contribution in [0.15, 0.2) is 24.5 Å². The molecule has 200 valence electrons. The van der Waals surface area contributed by atoms with Crippen LogP contribution in [0.5, 0.6) is 5.88 Å². The second kappa shape index (κ2) is 14.1. The first-order valence-electron chi connectivity index (χ1n) is 12.7. The van der Waals surface area contributed by atoms with Crippen LogP contribution in [0.1, 0.15) is 64.9 Å². The van der Waals surface area contributed by atoms with Gasteiger partial charge in [0.25, 0.3) is 5.88 Å². The van der Waals surface area contributed by atoms with Crippen molar-refractivity contribution in [2.75, 3.05) is 18.5 Å². The van der Waals surface area contributed by atoms with Crippen molar-refractivity contribution in [3.63, 3.8) is 0 Å². The lowest BCUT2D eigenvalue weighted by Gasteiger charge is -2.37. The van der Waals surface area contributed by atoms with Gasteiger partial charge < -0.3 is 19.5 Å². The van der Waals surface area contributed by atoms with E-state index in [1.807, 2.05) is 19.9 Å². The van der Waals surface area contributed by atoms with E-state index in [-0.39, 0.29) is 46.7 Å². The monoisotopic (exact) mass is 532 g/mol. The van der Waals surface area contributed by atoms with Gasteiger partial charge in [0, 0.05) is 18.3 Å². The zero-order chi connectivity index (χ0) is 26.8. The summed E-state index contributed by atoms with van der Waals surface area (Å²) in [4.78, 5) is 19.8. The van der Waals surface area contributed by atoms with Crippen LogP contribution < -0.4 is 10.1 Å². The molecule has 2 aromatic rings. The minimum absolute atomic E-state index is 0.0680. The number of nitrogens with one attached hydrogen (secondary N) is 1. The summed E-state index contributed by atoms with van der Waals surface area (Å²) in [6.45, 7) is 6.80. The molecular formula is C27H34ClFN4O4. The molecule has 1 saturated heterocycles. The van der Waals surface area contributed by atoms with Crippen molar-refractivity contribution in [1.29, 1.82) is 5.26 Å². The molecule has 0 amide bonds. The Morgan fingerprint density at radius 1 is 1.27 bits per heavy atom. The van der Waals surface area contributed by atoms with E-state index < -0.39 is 5.82 Å². The molecule has 0 spiro atoms. The van der Waals surface area contributed by atoms with Gasteiger partial charge in [-0.2, -0.15) is 14.6 Å². The normalized spacial score (nSPS) is 19.3. The third kappa shape index (κ3) is 8.27. The van der Waals surface area contributed by atoms with Crippen LogP contribution in [-0.4, -0.2) is 41.4 Å². The summed E-state index contributed by atoms with van der Waals surface area (Å²) in [5.41, 5.74) is 0.811. The first kappa shape index (κ1) is 28.6. The van der Waals surface area contributed by atoms with E-state index in [1.54, 1.807) is 12.1 Å².